The van der Waals surface area contributed by atoms with E-state index < -0.39 is 12.1 Å². The van der Waals surface area contributed by atoms with Gasteiger partial charge >= 0.3 is 5.97 Å². The number of aliphatic hydroxyl groups excluding tert-OH is 2. The Kier molecular flexibility index (Phi) is 69.9. The molecule has 0 radical (unpaired) electrons. The fourth-order valence-electron chi connectivity index (χ4n) is 12.1. The molecular formula is C75H147NO5. The van der Waals surface area contributed by atoms with Crippen LogP contribution >= 0.6 is 0 Å². The van der Waals surface area contributed by atoms with Gasteiger partial charge in [0.1, 0.15) is 0 Å². The number of esters is 1. The molecule has 6 heteroatoms. The molecule has 0 aliphatic heterocycles. The highest BCUT2D eigenvalue weighted by Gasteiger charge is 2.20. The SMILES string of the molecule is CCCCCCCCCCCCCCCCCC(=O)OCCCCCCCCCCCCCCCC/C=C\CCCCCCCCCCCCCCCCCCCC(=O)NC(CO)C(O)CCCCCCCCCCCCCCCC. The number of unbranched alkanes of at least 4 members (excludes halogenated alkanes) is 58. The van der Waals surface area contributed by atoms with Gasteiger partial charge < -0.3 is 20.3 Å². The number of hydrogen-bond donors (Lipinski definition) is 3. The van der Waals surface area contributed by atoms with E-state index in [1.165, 1.54) is 360 Å². The summed E-state index contributed by atoms with van der Waals surface area (Å²) >= 11 is 0. The summed E-state index contributed by atoms with van der Waals surface area (Å²) in [5, 5.41) is 23.3. The molecule has 81 heavy (non-hydrogen) atoms. The predicted octanol–water partition coefficient (Wildman–Crippen LogP) is 24.3. The second-order valence-corrected chi connectivity index (χ2v) is 26.0. The van der Waals surface area contributed by atoms with E-state index >= 15 is 0 Å². The Morgan fingerprint density at radius 2 is 0.580 bits per heavy atom. The monoisotopic (exact) mass is 1140 g/mol. The van der Waals surface area contributed by atoms with E-state index in [0.29, 0.717) is 25.9 Å². The Bertz CT molecular complexity index is 1220. The quantitative estimate of drug-likeness (QED) is 0.0320. The smallest absolute Gasteiger partial charge is 0.305 e. The number of rotatable bonds is 71. The predicted molar refractivity (Wildman–Crippen MR) is 357 cm³/mol. The zero-order chi connectivity index (χ0) is 58.5. The van der Waals surface area contributed by atoms with E-state index in [1.54, 1.807) is 0 Å². The number of amides is 1. The minimum absolute atomic E-state index is 0.0241. The Balaban J connectivity index is 3.31. The number of hydrogen-bond acceptors (Lipinski definition) is 5. The lowest BCUT2D eigenvalue weighted by molar-refractivity contribution is -0.143. The summed E-state index contributed by atoms with van der Waals surface area (Å²) in [5.74, 6) is -0.00408. The molecule has 0 bridgehead atoms. The van der Waals surface area contributed by atoms with Crippen molar-refractivity contribution in [3.05, 3.63) is 12.2 Å². The van der Waals surface area contributed by atoms with Crippen molar-refractivity contribution in [2.75, 3.05) is 13.2 Å². The van der Waals surface area contributed by atoms with Crippen LogP contribution in [0.15, 0.2) is 12.2 Å². The van der Waals surface area contributed by atoms with E-state index in [9.17, 15) is 19.8 Å². The molecule has 6 nitrogen and oxygen atoms in total. The summed E-state index contributed by atoms with van der Waals surface area (Å²) in [7, 11) is 0. The van der Waals surface area contributed by atoms with E-state index in [-0.39, 0.29) is 18.5 Å². The van der Waals surface area contributed by atoms with Gasteiger partial charge in [0.15, 0.2) is 0 Å². The number of carbonyl (C=O) groups excluding carboxylic acids is 2. The normalized spacial score (nSPS) is 12.5. The summed E-state index contributed by atoms with van der Waals surface area (Å²) in [6, 6.07) is -0.537. The molecular weight excluding hydrogens is 995 g/mol. The third kappa shape index (κ3) is 67.6. The molecule has 0 aromatic heterocycles. The third-order valence-electron chi connectivity index (χ3n) is 17.8. The highest BCUT2D eigenvalue weighted by molar-refractivity contribution is 5.76. The molecule has 3 N–H and O–H groups in total. The van der Waals surface area contributed by atoms with Crippen molar-refractivity contribution in [1.29, 1.82) is 0 Å². The molecule has 0 spiro atoms. The maximum Gasteiger partial charge on any atom is 0.305 e. The van der Waals surface area contributed by atoms with Crippen LogP contribution in [0.25, 0.3) is 0 Å². The van der Waals surface area contributed by atoms with Crippen LogP contribution in [0.4, 0.5) is 0 Å². The summed E-state index contributed by atoms with van der Waals surface area (Å²) in [4.78, 5) is 24.6. The van der Waals surface area contributed by atoms with Crippen molar-refractivity contribution >= 4 is 11.9 Å². The van der Waals surface area contributed by atoms with Gasteiger partial charge in [0, 0.05) is 12.8 Å². The molecule has 0 saturated carbocycles. The molecule has 0 saturated heterocycles. The lowest BCUT2D eigenvalue weighted by atomic mass is 10.0. The molecule has 0 fully saturated rings. The minimum Gasteiger partial charge on any atom is -0.466 e. The fourth-order valence-corrected chi connectivity index (χ4v) is 12.1. The Labute approximate surface area is 508 Å². The average Bonchev–Trinajstić information content (AvgIpc) is 3.47. The summed E-state index contributed by atoms with van der Waals surface area (Å²) in [6.07, 6.45) is 88.6. The summed E-state index contributed by atoms with van der Waals surface area (Å²) in [5.41, 5.74) is 0. The lowest BCUT2D eigenvalue weighted by Gasteiger charge is -2.22. The number of nitrogens with one attached hydrogen (secondary N) is 1. The van der Waals surface area contributed by atoms with Crippen molar-refractivity contribution in [2.45, 2.75) is 443 Å². The first-order chi connectivity index (χ1) is 40.0. The topological polar surface area (TPSA) is 95.9 Å². The van der Waals surface area contributed by atoms with Gasteiger partial charge in [0.05, 0.1) is 25.4 Å². The first kappa shape index (κ1) is 79.6. The van der Waals surface area contributed by atoms with Crippen LogP contribution in [0.5, 0.6) is 0 Å². The molecule has 0 aliphatic rings. The van der Waals surface area contributed by atoms with Crippen LogP contribution in [0.1, 0.15) is 431 Å². The second-order valence-electron chi connectivity index (χ2n) is 26.0. The van der Waals surface area contributed by atoms with Crippen molar-refractivity contribution in [1.82, 2.24) is 5.32 Å². The van der Waals surface area contributed by atoms with Crippen molar-refractivity contribution in [2.24, 2.45) is 0 Å². The van der Waals surface area contributed by atoms with Gasteiger partial charge in [0.2, 0.25) is 5.91 Å². The number of ether oxygens (including phenoxy) is 1. The van der Waals surface area contributed by atoms with Crippen molar-refractivity contribution in [3.8, 4) is 0 Å². The second kappa shape index (κ2) is 71.1. The highest BCUT2D eigenvalue weighted by atomic mass is 16.5. The van der Waals surface area contributed by atoms with Crippen LogP contribution < -0.4 is 5.32 Å². The maximum atomic E-state index is 12.5. The van der Waals surface area contributed by atoms with Crippen LogP contribution in [0, 0.1) is 0 Å². The molecule has 0 aromatic carbocycles. The molecule has 2 atom stereocenters. The number of allylic oxidation sites excluding steroid dienone is 2. The molecule has 0 aromatic rings. The molecule has 0 heterocycles. The van der Waals surface area contributed by atoms with Gasteiger partial charge in [-0.05, 0) is 51.4 Å². The summed E-state index contributed by atoms with van der Waals surface area (Å²) < 4.78 is 5.50. The fraction of sp³-hybridized carbons (Fsp3) is 0.947. The molecule has 2 unspecified atom stereocenters. The van der Waals surface area contributed by atoms with E-state index in [2.05, 4.69) is 31.3 Å². The molecule has 0 rings (SSSR count). The molecule has 0 aliphatic carbocycles. The zero-order valence-electron chi connectivity index (χ0n) is 55.3. The first-order valence-electron chi connectivity index (χ1n) is 37.4. The zero-order valence-corrected chi connectivity index (χ0v) is 55.3. The Hall–Kier alpha value is -1.40. The van der Waals surface area contributed by atoms with Gasteiger partial charge in [-0.3, -0.25) is 9.59 Å². The number of aliphatic hydroxyl groups is 2. The Morgan fingerprint density at radius 3 is 0.877 bits per heavy atom. The van der Waals surface area contributed by atoms with Crippen LogP contribution in [0.2, 0.25) is 0 Å². The summed E-state index contributed by atoms with van der Waals surface area (Å²) in [6.45, 7) is 5.00. The van der Waals surface area contributed by atoms with Gasteiger partial charge in [-0.15, -0.1) is 0 Å². The molecule has 482 valence electrons. The van der Waals surface area contributed by atoms with Gasteiger partial charge in [-0.2, -0.15) is 0 Å². The number of carbonyl (C=O) groups is 2. The Morgan fingerprint density at radius 1 is 0.333 bits per heavy atom. The van der Waals surface area contributed by atoms with E-state index in [1.807, 2.05) is 0 Å². The van der Waals surface area contributed by atoms with Crippen molar-refractivity contribution in [3.63, 3.8) is 0 Å². The minimum atomic E-state index is -0.660. The first-order valence-corrected chi connectivity index (χ1v) is 37.4. The van der Waals surface area contributed by atoms with Gasteiger partial charge in [-0.25, -0.2) is 0 Å². The van der Waals surface area contributed by atoms with Crippen LogP contribution in [0.3, 0.4) is 0 Å². The standard InChI is InChI=1S/C75H147NO5/c1-3-5-7-9-11-13-15-17-40-45-49-53-57-61-65-69-75(80)81-70-66-62-58-54-50-46-42-39-37-35-33-31-29-27-25-23-21-19-20-22-24-26-28-30-32-34-36-38-41-44-48-52-56-60-64-68-74(79)76-72(71-77)73(78)67-63-59-55-51-47-43-18-16-14-12-10-8-6-4-2/h21,23,72-73,77-78H,3-20,22,24-71H2,1-2H3,(H,76,79)/b23-21-. The highest BCUT2D eigenvalue weighted by Crippen LogP contribution is 2.20. The van der Waals surface area contributed by atoms with Crippen molar-refractivity contribution < 1.29 is 24.5 Å². The average molecular weight is 1140 g/mol. The van der Waals surface area contributed by atoms with E-state index in [0.717, 1.165) is 38.5 Å². The lowest BCUT2D eigenvalue weighted by Crippen LogP contribution is -2.45. The third-order valence-corrected chi connectivity index (χ3v) is 17.8. The van der Waals surface area contributed by atoms with Crippen LogP contribution in [-0.2, 0) is 14.3 Å². The largest absolute Gasteiger partial charge is 0.466 e. The van der Waals surface area contributed by atoms with Crippen LogP contribution in [-0.4, -0.2) is 47.4 Å². The van der Waals surface area contributed by atoms with Gasteiger partial charge in [-0.1, -0.05) is 379 Å². The van der Waals surface area contributed by atoms with Gasteiger partial charge in [0.25, 0.3) is 0 Å². The molecule has 1 amide bonds. The maximum absolute atomic E-state index is 12.5. The van der Waals surface area contributed by atoms with E-state index in [4.69, 9.17) is 4.74 Å².